The zero-order chi connectivity index (χ0) is 31.0. The third kappa shape index (κ3) is 6.21. The number of hydrogen-bond donors (Lipinski definition) is 2. The van der Waals surface area contributed by atoms with Crippen LogP contribution in [-0.4, -0.2) is 23.1 Å². The summed E-state index contributed by atoms with van der Waals surface area (Å²) >= 11 is 6.14. The summed E-state index contributed by atoms with van der Waals surface area (Å²) in [6.45, 7) is 0. The highest BCUT2D eigenvalue weighted by molar-refractivity contribution is 7.91. The summed E-state index contributed by atoms with van der Waals surface area (Å²) in [6.07, 6.45) is 10.3. The van der Waals surface area contributed by atoms with Crippen LogP contribution in [0.1, 0.15) is 55.0 Å². The van der Waals surface area contributed by atoms with Crippen LogP contribution >= 0.6 is 11.6 Å². The van der Waals surface area contributed by atoms with E-state index in [1.807, 2.05) is 47.2 Å². The molecule has 0 saturated heterocycles. The monoisotopic (exact) mass is 636 g/mol. The van der Waals surface area contributed by atoms with E-state index in [1.54, 1.807) is 12.1 Å². The number of benzene rings is 4. The lowest BCUT2D eigenvalue weighted by molar-refractivity contribution is 0.392. The van der Waals surface area contributed by atoms with Crippen LogP contribution in [-0.2, 0) is 16.6 Å². The Hall–Kier alpha value is -4.53. The van der Waals surface area contributed by atoms with Gasteiger partial charge in [-0.3, -0.25) is 0 Å². The first-order valence-corrected chi connectivity index (χ1v) is 17.0. The summed E-state index contributed by atoms with van der Waals surface area (Å²) in [5.74, 6) is 1.11. The minimum absolute atomic E-state index is 0.400. The number of nitrogens with one attached hydrogen (secondary N) is 1. The second-order valence-electron chi connectivity index (χ2n) is 11.7. The highest BCUT2D eigenvalue weighted by atomic mass is 35.5. The van der Waals surface area contributed by atoms with Gasteiger partial charge in [0, 0.05) is 28.9 Å². The fraction of sp³-hybridized carbons (Fsp3) is 0.194. The van der Waals surface area contributed by atoms with Crippen molar-refractivity contribution < 1.29 is 13.5 Å². The molecule has 45 heavy (non-hydrogen) atoms. The van der Waals surface area contributed by atoms with Crippen LogP contribution in [0.2, 0.25) is 5.02 Å². The van der Waals surface area contributed by atoms with Crippen LogP contribution < -0.4 is 9.03 Å². The van der Waals surface area contributed by atoms with Gasteiger partial charge in [0.15, 0.2) is 0 Å². The van der Waals surface area contributed by atoms with Crippen molar-refractivity contribution in [2.24, 2.45) is 0 Å². The number of aliphatic hydroxyl groups is 1. The van der Waals surface area contributed by atoms with E-state index in [1.165, 1.54) is 48.8 Å². The zero-order valence-corrected chi connectivity index (χ0v) is 26.2. The molecule has 0 spiro atoms. The first-order valence-electron chi connectivity index (χ1n) is 15.2. The number of anilines is 1. The number of imidazole rings is 1. The molecule has 4 aromatic carbocycles. The average Bonchev–Trinajstić information content (AvgIpc) is 3.61. The van der Waals surface area contributed by atoms with Gasteiger partial charge >= 0.3 is 10.2 Å². The third-order valence-corrected chi connectivity index (χ3v) is 10.2. The normalized spacial score (nSPS) is 16.4. The van der Waals surface area contributed by atoms with Crippen molar-refractivity contribution in [3.8, 4) is 28.1 Å². The molecule has 9 heteroatoms. The maximum Gasteiger partial charge on any atom is 0.330 e. The van der Waals surface area contributed by atoms with E-state index in [0.717, 1.165) is 38.8 Å². The number of hydrogen-bond acceptors (Lipinski definition) is 4. The average molecular weight is 637 g/mol. The number of rotatable bonds is 7. The van der Waals surface area contributed by atoms with Crippen LogP contribution in [0.3, 0.4) is 0 Å². The summed E-state index contributed by atoms with van der Waals surface area (Å²) < 4.78 is 29.8. The molecule has 1 aromatic heterocycles. The second kappa shape index (κ2) is 12.1. The third-order valence-electron chi connectivity index (χ3n) is 8.67. The molecule has 2 aliphatic rings. The Labute approximate surface area is 268 Å². The van der Waals surface area contributed by atoms with Gasteiger partial charge in [-0.05, 0) is 77.4 Å². The Bertz CT molecular complexity index is 1950. The van der Waals surface area contributed by atoms with E-state index in [-0.39, 0.29) is 0 Å². The largest absolute Gasteiger partial charge is 0.493 e. The van der Waals surface area contributed by atoms with Gasteiger partial charge < -0.3 is 9.67 Å². The van der Waals surface area contributed by atoms with Crippen molar-refractivity contribution in [2.75, 3.05) is 4.31 Å². The molecule has 1 aliphatic heterocycles. The van der Waals surface area contributed by atoms with Gasteiger partial charge in [-0.1, -0.05) is 91.5 Å². The van der Waals surface area contributed by atoms with Gasteiger partial charge in [-0.25, -0.2) is 14.0 Å². The van der Waals surface area contributed by atoms with Gasteiger partial charge in [0.1, 0.15) is 5.82 Å². The van der Waals surface area contributed by atoms with Crippen molar-refractivity contribution in [1.29, 1.82) is 0 Å². The van der Waals surface area contributed by atoms with E-state index < -0.39 is 16.1 Å². The Balaban J connectivity index is 1.16. The Morgan fingerprint density at radius 3 is 2.00 bits per heavy atom. The molecule has 7 rings (SSSR count). The SMILES string of the molecule is O=S1(=O)NC(O)=CN1c1ccc(-n2cc(-c3ccc(Cl)cc3)nc2Cc2ccc(-c3ccc(C4CCCCC4)cc3)cc2)cc1. The number of aliphatic hydroxyl groups excluding tert-OH is 1. The highest BCUT2D eigenvalue weighted by Gasteiger charge is 2.28. The molecule has 1 aliphatic carbocycles. The Morgan fingerprint density at radius 2 is 1.38 bits per heavy atom. The smallest absolute Gasteiger partial charge is 0.330 e. The van der Waals surface area contributed by atoms with Crippen molar-refractivity contribution in [2.45, 2.75) is 44.4 Å². The van der Waals surface area contributed by atoms with E-state index in [4.69, 9.17) is 16.6 Å². The minimum atomic E-state index is -3.87. The maximum absolute atomic E-state index is 12.3. The molecular weight excluding hydrogens is 604 g/mol. The van der Waals surface area contributed by atoms with Crippen molar-refractivity contribution in [1.82, 2.24) is 14.3 Å². The van der Waals surface area contributed by atoms with Crippen LogP contribution in [0.15, 0.2) is 115 Å². The van der Waals surface area contributed by atoms with Crippen LogP contribution in [0.25, 0.3) is 28.1 Å². The molecule has 0 radical (unpaired) electrons. The van der Waals surface area contributed by atoms with E-state index in [9.17, 15) is 13.5 Å². The molecule has 228 valence electrons. The minimum Gasteiger partial charge on any atom is -0.493 e. The molecule has 0 amide bonds. The van der Waals surface area contributed by atoms with Gasteiger partial charge in [0.2, 0.25) is 5.88 Å². The standard InChI is InChI=1S/C36H33ClN4O3S/c37-31-16-14-30(15-17-31)34-23-40(32-18-20-33(21-19-32)41-24-36(42)39-45(41,43)44)35(38-34)22-25-6-8-27(9-7-25)29-12-10-28(11-13-29)26-4-2-1-3-5-26/h6-21,23-24,26,39,42H,1-5,22H2. The predicted molar refractivity (Wildman–Crippen MR) is 180 cm³/mol. The van der Waals surface area contributed by atoms with Crippen molar-refractivity contribution in [3.63, 3.8) is 0 Å². The van der Waals surface area contributed by atoms with Crippen molar-refractivity contribution in [3.05, 3.63) is 137 Å². The summed E-state index contributed by atoms with van der Waals surface area (Å²) in [5, 5.41) is 10.3. The fourth-order valence-electron chi connectivity index (χ4n) is 6.27. The molecule has 0 atom stereocenters. The molecule has 5 aromatic rings. The lowest BCUT2D eigenvalue weighted by Crippen LogP contribution is -2.29. The van der Waals surface area contributed by atoms with Gasteiger partial charge in [0.25, 0.3) is 0 Å². The summed E-state index contributed by atoms with van der Waals surface area (Å²) in [4.78, 5) is 5.01. The Morgan fingerprint density at radius 1 is 0.778 bits per heavy atom. The molecule has 1 saturated carbocycles. The van der Waals surface area contributed by atoms with Gasteiger partial charge in [-0.2, -0.15) is 8.42 Å². The summed E-state index contributed by atoms with van der Waals surface area (Å²) in [6, 6.07) is 32.4. The molecule has 2 heterocycles. The first kappa shape index (κ1) is 29.2. The zero-order valence-electron chi connectivity index (χ0n) is 24.6. The van der Waals surface area contributed by atoms with Crippen molar-refractivity contribution >= 4 is 27.5 Å². The van der Waals surface area contributed by atoms with E-state index in [0.29, 0.717) is 23.0 Å². The highest BCUT2D eigenvalue weighted by Crippen LogP contribution is 2.34. The lowest BCUT2D eigenvalue weighted by Gasteiger charge is -2.22. The first-order chi connectivity index (χ1) is 21.8. The summed E-state index contributed by atoms with van der Waals surface area (Å²) in [5.41, 5.74) is 7.95. The molecule has 1 fully saturated rings. The molecule has 0 unspecified atom stereocenters. The van der Waals surface area contributed by atoms with Gasteiger partial charge in [0.05, 0.1) is 17.6 Å². The quantitative estimate of drug-likeness (QED) is 0.187. The molecular formula is C36H33ClN4O3S. The van der Waals surface area contributed by atoms with Crippen LogP contribution in [0, 0.1) is 0 Å². The summed E-state index contributed by atoms with van der Waals surface area (Å²) in [7, 11) is -3.87. The number of aromatic nitrogens is 2. The number of halogens is 1. The van der Waals surface area contributed by atoms with E-state index in [2.05, 4.69) is 53.3 Å². The maximum atomic E-state index is 12.3. The van der Waals surface area contributed by atoms with Crippen LogP contribution in [0.5, 0.6) is 0 Å². The molecule has 0 bridgehead atoms. The molecule has 2 N–H and O–H groups in total. The second-order valence-corrected chi connectivity index (χ2v) is 13.7. The number of nitrogens with zero attached hydrogens (tertiary/aromatic N) is 3. The fourth-order valence-corrected chi connectivity index (χ4v) is 7.45. The Kier molecular flexibility index (Phi) is 7.85. The topological polar surface area (TPSA) is 87.5 Å². The molecule has 7 nitrogen and oxygen atoms in total. The van der Waals surface area contributed by atoms with Gasteiger partial charge in [-0.15, -0.1) is 0 Å². The lowest BCUT2D eigenvalue weighted by atomic mass is 9.83. The van der Waals surface area contributed by atoms with E-state index >= 15 is 0 Å². The predicted octanol–water partition coefficient (Wildman–Crippen LogP) is 8.51. The van der Waals surface area contributed by atoms with Crippen LogP contribution in [0.4, 0.5) is 5.69 Å².